The van der Waals surface area contributed by atoms with Crippen molar-refractivity contribution in [2.75, 3.05) is 18.1 Å². The minimum atomic E-state index is -0.616. The zero-order chi connectivity index (χ0) is 10.7. The normalized spacial score (nSPS) is 25.5. The van der Waals surface area contributed by atoms with E-state index in [9.17, 15) is 5.11 Å². The fourth-order valence-corrected chi connectivity index (χ4v) is 3.08. The Morgan fingerprint density at radius 2 is 2.13 bits per heavy atom. The molecule has 0 aromatic heterocycles. The van der Waals surface area contributed by atoms with Crippen molar-refractivity contribution in [2.45, 2.75) is 18.9 Å². The molecule has 82 valence electrons. The number of thioether (sulfide) groups is 1. The maximum atomic E-state index is 10.3. The van der Waals surface area contributed by atoms with Crippen molar-refractivity contribution < 1.29 is 9.84 Å². The maximum Gasteiger partial charge on any atom is 0.119 e. The molecule has 1 aromatic rings. The molecule has 0 amide bonds. The third-order valence-electron chi connectivity index (χ3n) is 2.70. The van der Waals surface area contributed by atoms with Crippen LogP contribution in [-0.2, 0) is 5.60 Å². The van der Waals surface area contributed by atoms with E-state index in [1.807, 2.05) is 43.0 Å². The van der Waals surface area contributed by atoms with Crippen LogP contribution in [0, 0.1) is 0 Å². The summed E-state index contributed by atoms with van der Waals surface area (Å²) >= 11 is 1.81. The largest absolute Gasteiger partial charge is 0.494 e. The van der Waals surface area contributed by atoms with Gasteiger partial charge in [0, 0.05) is 5.75 Å². The predicted octanol–water partition coefficient (Wildman–Crippen LogP) is 2.41. The first-order valence-corrected chi connectivity index (χ1v) is 6.43. The highest BCUT2D eigenvalue weighted by molar-refractivity contribution is 7.99. The van der Waals surface area contributed by atoms with Crippen molar-refractivity contribution in [3.63, 3.8) is 0 Å². The van der Waals surface area contributed by atoms with Gasteiger partial charge in [0.1, 0.15) is 5.75 Å². The summed E-state index contributed by atoms with van der Waals surface area (Å²) in [4.78, 5) is 0. The monoisotopic (exact) mass is 224 g/mol. The molecular weight excluding hydrogens is 208 g/mol. The Kier molecular flexibility index (Phi) is 3.22. The van der Waals surface area contributed by atoms with E-state index >= 15 is 0 Å². The number of benzene rings is 1. The Morgan fingerprint density at radius 1 is 1.40 bits per heavy atom. The smallest absolute Gasteiger partial charge is 0.119 e. The first-order valence-electron chi connectivity index (χ1n) is 5.28. The summed E-state index contributed by atoms with van der Waals surface area (Å²) in [6.45, 7) is 2.65. The van der Waals surface area contributed by atoms with Gasteiger partial charge >= 0.3 is 0 Å². The Hall–Kier alpha value is -0.670. The van der Waals surface area contributed by atoms with Crippen LogP contribution in [0.1, 0.15) is 18.9 Å². The summed E-state index contributed by atoms with van der Waals surface area (Å²) in [5, 5.41) is 10.3. The van der Waals surface area contributed by atoms with Crippen molar-refractivity contribution in [1.29, 1.82) is 0 Å². The molecule has 1 unspecified atom stereocenters. The van der Waals surface area contributed by atoms with Gasteiger partial charge in [-0.3, -0.25) is 0 Å². The van der Waals surface area contributed by atoms with E-state index in [4.69, 9.17) is 4.74 Å². The second-order valence-electron chi connectivity index (χ2n) is 3.79. The number of ether oxygens (including phenoxy) is 1. The highest BCUT2D eigenvalue weighted by Crippen LogP contribution is 2.36. The zero-order valence-corrected chi connectivity index (χ0v) is 9.72. The van der Waals surface area contributed by atoms with Crippen LogP contribution in [0.15, 0.2) is 24.3 Å². The molecule has 1 fully saturated rings. The van der Waals surface area contributed by atoms with Crippen LogP contribution in [0.4, 0.5) is 0 Å². The van der Waals surface area contributed by atoms with Gasteiger partial charge in [-0.05, 0) is 36.8 Å². The Morgan fingerprint density at radius 3 is 2.67 bits per heavy atom. The number of hydrogen-bond donors (Lipinski definition) is 1. The number of hydrogen-bond acceptors (Lipinski definition) is 3. The Balaban J connectivity index is 2.15. The molecular formula is C12H16O2S. The molecule has 2 rings (SSSR count). The molecule has 1 aliphatic rings. The summed E-state index contributed by atoms with van der Waals surface area (Å²) in [6.07, 6.45) is 0.853. The molecule has 0 saturated carbocycles. The van der Waals surface area contributed by atoms with Crippen molar-refractivity contribution in [1.82, 2.24) is 0 Å². The first-order chi connectivity index (χ1) is 7.24. The predicted molar refractivity (Wildman–Crippen MR) is 63.4 cm³/mol. The van der Waals surface area contributed by atoms with E-state index in [1.54, 1.807) is 0 Å². The molecule has 0 spiro atoms. The molecule has 0 bridgehead atoms. The van der Waals surface area contributed by atoms with Crippen LogP contribution in [0.3, 0.4) is 0 Å². The van der Waals surface area contributed by atoms with Crippen LogP contribution in [0.25, 0.3) is 0 Å². The third-order valence-corrected chi connectivity index (χ3v) is 3.88. The molecule has 1 N–H and O–H groups in total. The summed E-state index contributed by atoms with van der Waals surface area (Å²) in [5.41, 5.74) is 0.394. The van der Waals surface area contributed by atoms with E-state index in [0.717, 1.165) is 29.2 Å². The summed E-state index contributed by atoms with van der Waals surface area (Å²) in [7, 11) is 0. The second kappa shape index (κ2) is 4.45. The molecule has 0 radical (unpaired) electrons. The highest BCUT2D eigenvalue weighted by atomic mass is 32.2. The van der Waals surface area contributed by atoms with Crippen molar-refractivity contribution in [2.24, 2.45) is 0 Å². The average molecular weight is 224 g/mol. The van der Waals surface area contributed by atoms with E-state index in [-0.39, 0.29) is 0 Å². The van der Waals surface area contributed by atoms with Gasteiger partial charge in [0.15, 0.2) is 0 Å². The van der Waals surface area contributed by atoms with Gasteiger partial charge in [-0.15, -0.1) is 0 Å². The van der Waals surface area contributed by atoms with Crippen LogP contribution in [0.5, 0.6) is 5.75 Å². The molecule has 15 heavy (non-hydrogen) atoms. The average Bonchev–Trinajstić information content (AvgIpc) is 2.68. The van der Waals surface area contributed by atoms with Crippen LogP contribution >= 0.6 is 11.8 Å². The topological polar surface area (TPSA) is 29.5 Å². The minimum absolute atomic E-state index is 0.616. The molecule has 1 aromatic carbocycles. The van der Waals surface area contributed by atoms with E-state index in [0.29, 0.717) is 6.61 Å². The van der Waals surface area contributed by atoms with Gasteiger partial charge in [0.2, 0.25) is 0 Å². The molecule has 1 heterocycles. The van der Waals surface area contributed by atoms with E-state index in [1.165, 1.54) is 0 Å². The third kappa shape index (κ3) is 2.29. The van der Waals surface area contributed by atoms with Crippen molar-refractivity contribution in [3.8, 4) is 5.75 Å². The lowest BCUT2D eigenvalue weighted by atomic mass is 9.93. The second-order valence-corrected chi connectivity index (χ2v) is 4.90. The molecule has 3 heteroatoms. The standard InChI is InChI=1S/C12H16O2S/c1-2-14-11-5-3-10(4-6-11)12(13)7-8-15-9-12/h3-6,13H,2,7-9H2,1H3. The van der Waals surface area contributed by atoms with Gasteiger partial charge in [0.05, 0.1) is 12.2 Å². The van der Waals surface area contributed by atoms with Gasteiger partial charge in [0.25, 0.3) is 0 Å². The zero-order valence-electron chi connectivity index (χ0n) is 8.90. The lowest BCUT2D eigenvalue weighted by Crippen LogP contribution is -2.24. The fourth-order valence-electron chi connectivity index (χ4n) is 1.81. The molecule has 1 saturated heterocycles. The summed E-state index contributed by atoms with van der Waals surface area (Å²) < 4.78 is 5.37. The lowest BCUT2D eigenvalue weighted by Gasteiger charge is -2.21. The minimum Gasteiger partial charge on any atom is -0.494 e. The van der Waals surface area contributed by atoms with Crippen LogP contribution in [0.2, 0.25) is 0 Å². The highest BCUT2D eigenvalue weighted by Gasteiger charge is 2.33. The summed E-state index contributed by atoms with van der Waals surface area (Å²) in [6, 6.07) is 7.80. The van der Waals surface area contributed by atoms with E-state index < -0.39 is 5.60 Å². The molecule has 0 aliphatic carbocycles. The van der Waals surface area contributed by atoms with E-state index in [2.05, 4.69) is 0 Å². The van der Waals surface area contributed by atoms with Gasteiger partial charge in [-0.1, -0.05) is 12.1 Å². The SMILES string of the molecule is CCOc1ccc(C2(O)CCSC2)cc1. The van der Waals surface area contributed by atoms with Gasteiger partial charge < -0.3 is 9.84 Å². The Labute approximate surface area is 94.6 Å². The number of rotatable bonds is 3. The quantitative estimate of drug-likeness (QED) is 0.855. The van der Waals surface area contributed by atoms with Gasteiger partial charge in [-0.2, -0.15) is 11.8 Å². The number of aliphatic hydroxyl groups is 1. The first kappa shape index (κ1) is 10.8. The Bertz CT molecular complexity index is 315. The van der Waals surface area contributed by atoms with Crippen LogP contribution < -0.4 is 4.74 Å². The van der Waals surface area contributed by atoms with Crippen molar-refractivity contribution in [3.05, 3.63) is 29.8 Å². The van der Waals surface area contributed by atoms with Gasteiger partial charge in [-0.25, -0.2) is 0 Å². The molecule has 2 nitrogen and oxygen atoms in total. The fraction of sp³-hybridized carbons (Fsp3) is 0.500. The molecule has 1 atom stereocenters. The van der Waals surface area contributed by atoms with Crippen molar-refractivity contribution >= 4 is 11.8 Å². The summed E-state index contributed by atoms with van der Waals surface area (Å²) in [5.74, 6) is 2.72. The lowest BCUT2D eigenvalue weighted by molar-refractivity contribution is 0.0657. The molecule has 1 aliphatic heterocycles. The van der Waals surface area contributed by atoms with Crippen LogP contribution in [-0.4, -0.2) is 23.2 Å². The maximum absolute atomic E-state index is 10.3.